The summed E-state index contributed by atoms with van der Waals surface area (Å²) in [4.78, 5) is 25.5. The number of hydrogen-bond donors (Lipinski definition) is 2. The maximum absolute atomic E-state index is 12.4. The maximum Gasteiger partial charge on any atom is 0.414 e. The van der Waals surface area contributed by atoms with Crippen molar-refractivity contribution in [1.29, 1.82) is 0 Å². The lowest BCUT2D eigenvalue weighted by molar-refractivity contribution is 0.102. The molecule has 1 heterocycles. The summed E-state index contributed by atoms with van der Waals surface area (Å²) in [6, 6.07) is 15.0. The molecule has 25 heavy (non-hydrogen) atoms. The van der Waals surface area contributed by atoms with Crippen LogP contribution in [0.15, 0.2) is 48.5 Å². The average Bonchev–Trinajstić information content (AvgIpc) is 3.20. The standard InChI is InChI=1S/C19H19N3O3/c20-17-11-16(17)12-1-5-14(6-2-12)21-18(23)13-3-7-15(8-4-13)22-9-10-25-19(22)24/h1-8,16-17H,9-11,20H2,(H,21,23). The first-order chi connectivity index (χ1) is 12.1. The molecule has 3 N–H and O–H groups in total. The zero-order chi connectivity index (χ0) is 17.4. The number of carbonyl (C=O) groups is 2. The molecular formula is C19H19N3O3. The second-order valence-electron chi connectivity index (χ2n) is 6.40. The minimum Gasteiger partial charge on any atom is -0.447 e. The van der Waals surface area contributed by atoms with Crippen molar-refractivity contribution in [3.63, 3.8) is 0 Å². The van der Waals surface area contributed by atoms with E-state index in [1.54, 1.807) is 29.2 Å². The van der Waals surface area contributed by atoms with Crippen LogP contribution in [0.25, 0.3) is 0 Å². The number of amides is 2. The van der Waals surface area contributed by atoms with Gasteiger partial charge < -0.3 is 15.8 Å². The smallest absolute Gasteiger partial charge is 0.414 e. The van der Waals surface area contributed by atoms with Gasteiger partial charge >= 0.3 is 6.09 Å². The highest BCUT2D eigenvalue weighted by molar-refractivity contribution is 6.04. The van der Waals surface area contributed by atoms with Gasteiger partial charge in [-0.1, -0.05) is 12.1 Å². The molecular weight excluding hydrogens is 318 g/mol. The molecule has 2 aromatic rings. The van der Waals surface area contributed by atoms with E-state index in [0.29, 0.717) is 24.6 Å². The Morgan fingerprint density at radius 1 is 1.12 bits per heavy atom. The van der Waals surface area contributed by atoms with Crippen molar-refractivity contribution in [2.24, 2.45) is 5.73 Å². The van der Waals surface area contributed by atoms with Gasteiger partial charge in [0.25, 0.3) is 5.91 Å². The lowest BCUT2D eigenvalue weighted by Crippen LogP contribution is -2.23. The van der Waals surface area contributed by atoms with E-state index in [4.69, 9.17) is 10.5 Å². The Morgan fingerprint density at radius 3 is 2.36 bits per heavy atom. The molecule has 128 valence electrons. The minimum atomic E-state index is -0.354. The van der Waals surface area contributed by atoms with Crippen LogP contribution in [-0.2, 0) is 4.74 Å². The second-order valence-corrected chi connectivity index (χ2v) is 6.40. The number of cyclic esters (lactones) is 1. The van der Waals surface area contributed by atoms with E-state index in [9.17, 15) is 9.59 Å². The van der Waals surface area contributed by atoms with Crippen LogP contribution in [0.3, 0.4) is 0 Å². The molecule has 1 aliphatic carbocycles. The summed E-state index contributed by atoms with van der Waals surface area (Å²) >= 11 is 0. The van der Waals surface area contributed by atoms with Crippen molar-refractivity contribution in [1.82, 2.24) is 0 Å². The summed E-state index contributed by atoms with van der Waals surface area (Å²) in [5.74, 6) is 0.265. The molecule has 6 heteroatoms. The van der Waals surface area contributed by atoms with Crippen molar-refractivity contribution in [3.05, 3.63) is 59.7 Å². The molecule has 2 aliphatic rings. The van der Waals surface area contributed by atoms with Gasteiger partial charge in [0.2, 0.25) is 0 Å². The molecule has 2 amide bonds. The number of hydrogen-bond acceptors (Lipinski definition) is 4. The fourth-order valence-corrected chi connectivity index (χ4v) is 3.04. The Hall–Kier alpha value is -2.86. The van der Waals surface area contributed by atoms with Gasteiger partial charge in [0.05, 0.1) is 6.54 Å². The predicted molar refractivity (Wildman–Crippen MR) is 94.9 cm³/mol. The number of rotatable bonds is 4. The van der Waals surface area contributed by atoms with Crippen molar-refractivity contribution >= 4 is 23.4 Å². The van der Waals surface area contributed by atoms with Crippen LogP contribution in [0.4, 0.5) is 16.2 Å². The van der Waals surface area contributed by atoms with Gasteiger partial charge in [0, 0.05) is 28.9 Å². The molecule has 0 radical (unpaired) electrons. The number of ether oxygens (including phenoxy) is 1. The summed E-state index contributed by atoms with van der Waals surface area (Å²) in [6.45, 7) is 0.921. The first kappa shape index (κ1) is 15.7. The summed E-state index contributed by atoms with van der Waals surface area (Å²) in [6.07, 6.45) is 0.676. The van der Waals surface area contributed by atoms with Crippen LogP contribution in [0.5, 0.6) is 0 Å². The molecule has 1 aliphatic heterocycles. The zero-order valence-electron chi connectivity index (χ0n) is 13.6. The van der Waals surface area contributed by atoms with Gasteiger partial charge in [-0.15, -0.1) is 0 Å². The number of carbonyl (C=O) groups excluding carboxylic acids is 2. The number of nitrogens with one attached hydrogen (secondary N) is 1. The highest BCUT2D eigenvalue weighted by Crippen LogP contribution is 2.39. The van der Waals surface area contributed by atoms with Gasteiger partial charge in [0.15, 0.2) is 0 Å². The third-order valence-electron chi connectivity index (χ3n) is 4.64. The second kappa shape index (κ2) is 6.22. The molecule has 2 fully saturated rings. The summed E-state index contributed by atoms with van der Waals surface area (Å²) in [7, 11) is 0. The molecule has 2 unspecified atom stereocenters. The van der Waals surface area contributed by atoms with Crippen LogP contribution in [-0.4, -0.2) is 31.2 Å². The van der Waals surface area contributed by atoms with E-state index in [1.807, 2.05) is 24.3 Å². The maximum atomic E-state index is 12.4. The number of benzene rings is 2. The molecule has 1 saturated carbocycles. The van der Waals surface area contributed by atoms with E-state index in [0.717, 1.165) is 17.8 Å². The lowest BCUT2D eigenvalue weighted by Gasteiger charge is -2.13. The number of anilines is 2. The average molecular weight is 337 g/mol. The molecule has 2 atom stereocenters. The third-order valence-corrected chi connectivity index (χ3v) is 4.64. The third kappa shape index (κ3) is 3.21. The first-order valence-corrected chi connectivity index (χ1v) is 8.33. The van der Waals surface area contributed by atoms with Gasteiger partial charge in [-0.2, -0.15) is 0 Å². The quantitative estimate of drug-likeness (QED) is 0.898. The van der Waals surface area contributed by atoms with E-state index >= 15 is 0 Å². The van der Waals surface area contributed by atoms with Crippen LogP contribution >= 0.6 is 0 Å². The molecule has 1 saturated heterocycles. The van der Waals surface area contributed by atoms with Crippen molar-refractivity contribution in [2.75, 3.05) is 23.4 Å². The van der Waals surface area contributed by atoms with Crippen molar-refractivity contribution < 1.29 is 14.3 Å². The summed E-state index contributed by atoms with van der Waals surface area (Å²) < 4.78 is 4.91. The summed E-state index contributed by atoms with van der Waals surface area (Å²) in [5, 5.41) is 2.88. The molecule has 2 aromatic carbocycles. The van der Waals surface area contributed by atoms with Crippen LogP contribution in [0, 0.1) is 0 Å². The van der Waals surface area contributed by atoms with Crippen molar-refractivity contribution in [3.8, 4) is 0 Å². The van der Waals surface area contributed by atoms with Gasteiger partial charge in [0.1, 0.15) is 6.61 Å². The van der Waals surface area contributed by atoms with Crippen LogP contribution in [0.2, 0.25) is 0 Å². The largest absolute Gasteiger partial charge is 0.447 e. The molecule has 0 spiro atoms. The lowest BCUT2D eigenvalue weighted by atomic mass is 10.1. The molecule has 0 bridgehead atoms. The molecule has 6 nitrogen and oxygen atoms in total. The van der Waals surface area contributed by atoms with Gasteiger partial charge in [-0.25, -0.2) is 4.79 Å². The molecule has 0 aromatic heterocycles. The van der Waals surface area contributed by atoms with Crippen LogP contribution in [0.1, 0.15) is 28.3 Å². The van der Waals surface area contributed by atoms with Crippen LogP contribution < -0.4 is 16.0 Å². The fourth-order valence-electron chi connectivity index (χ4n) is 3.04. The van der Waals surface area contributed by atoms with E-state index in [-0.39, 0.29) is 18.0 Å². The van der Waals surface area contributed by atoms with E-state index in [2.05, 4.69) is 5.32 Å². The zero-order valence-corrected chi connectivity index (χ0v) is 13.6. The first-order valence-electron chi connectivity index (χ1n) is 8.33. The molecule has 4 rings (SSSR count). The Bertz CT molecular complexity index is 802. The van der Waals surface area contributed by atoms with Gasteiger partial charge in [-0.3, -0.25) is 9.69 Å². The predicted octanol–water partition coefficient (Wildman–Crippen LogP) is 2.71. The fraction of sp³-hybridized carbons (Fsp3) is 0.263. The number of nitrogens with zero attached hydrogens (tertiary/aromatic N) is 1. The highest BCUT2D eigenvalue weighted by atomic mass is 16.6. The monoisotopic (exact) mass is 337 g/mol. The minimum absolute atomic E-state index is 0.188. The number of nitrogens with two attached hydrogens (primary N) is 1. The van der Waals surface area contributed by atoms with Crippen molar-refractivity contribution in [2.45, 2.75) is 18.4 Å². The topological polar surface area (TPSA) is 84.7 Å². The Labute approximate surface area is 145 Å². The van der Waals surface area contributed by atoms with E-state index < -0.39 is 0 Å². The van der Waals surface area contributed by atoms with Gasteiger partial charge in [-0.05, 0) is 48.4 Å². The highest BCUT2D eigenvalue weighted by Gasteiger charge is 2.34. The SMILES string of the molecule is NC1CC1c1ccc(NC(=O)c2ccc(N3CCOC3=O)cc2)cc1. The summed E-state index contributed by atoms with van der Waals surface area (Å²) in [5.41, 5.74) is 9.08. The Morgan fingerprint density at radius 2 is 1.80 bits per heavy atom. The Balaban J connectivity index is 1.41. The normalized spacial score (nSPS) is 21.8. The Kier molecular flexibility index (Phi) is 3.89. The van der Waals surface area contributed by atoms with E-state index in [1.165, 1.54) is 5.56 Å².